The third-order valence-corrected chi connectivity index (χ3v) is 8.23. The number of aliphatic hydroxyl groups excluding tert-OH is 4. The summed E-state index contributed by atoms with van der Waals surface area (Å²) in [6.07, 6.45) is 25.7. The van der Waals surface area contributed by atoms with Crippen molar-refractivity contribution in [2.75, 3.05) is 19.8 Å². The van der Waals surface area contributed by atoms with Crippen molar-refractivity contribution < 1.29 is 49.0 Å². The van der Waals surface area contributed by atoms with E-state index in [9.17, 15) is 30.0 Å². The van der Waals surface area contributed by atoms with E-state index in [2.05, 4.69) is 50.3 Å². The van der Waals surface area contributed by atoms with E-state index in [1.807, 2.05) is 12.2 Å². The van der Waals surface area contributed by atoms with Gasteiger partial charge in [-0.25, -0.2) is 0 Å². The van der Waals surface area contributed by atoms with E-state index in [0.29, 0.717) is 12.8 Å². The minimum absolute atomic E-state index is 0.117. The van der Waals surface area contributed by atoms with Crippen LogP contribution in [-0.2, 0) is 28.5 Å². The van der Waals surface area contributed by atoms with Crippen LogP contribution in [-0.4, -0.2) is 89.0 Å². The predicted octanol–water partition coefficient (Wildman–Crippen LogP) is 6.54. The van der Waals surface area contributed by atoms with E-state index < -0.39 is 55.4 Å². The Morgan fingerprint density at radius 2 is 1.27 bits per heavy atom. The first-order chi connectivity index (χ1) is 23.8. The number of esters is 2. The van der Waals surface area contributed by atoms with Crippen LogP contribution in [0, 0.1) is 0 Å². The van der Waals surface area contributed by atoms with Gasteiger partial charge in [-0.3, -0.25) is 9.59 Å². The Morgan fingerprint density at radius 1 is 0.653 bits per heavy atom. The highest BCUT2D eigenvalue weighted by atomic mass is 16.7. The average molecular weight is 695 g/mol. The van der Waals surface area contributed by atoms with Gasteiger partial charge in [0, 0.05) is 12.8 Å². The quantitative estimate of drug-likeness (QED) is 0.0294. The summed E-state index contributed by atoms with van der Waals surface area (Å²) in [7, 11) is 0. The highest BCUT2D eigenvalue weighted by molar-refractivity contribution is 5.70. The molecule has 0 radical (unpaired) electrons. The van der Waals surface area contributed by atoms with Crippen molar-refractivity contribution in [2.24, 2.45) is 0 Å². The van der Waals surface area contributed by atoms with Gasteiger partial charge < -0.3 is 39.4 Å². The summed E-state index contributed by atoms with van der Waals surface area (Å²) in [5.41, 5.74) is 0. The largest absolute Gasteiger partial charge is 0.462 e. The molecule has 0 aliphatic carbocycles. The second-order valence-electron chi connectivity index (χ2n) is 12.7. The van der Waals surface area contributed by atoms with Crippen molar-refractivity contribution in [3.8, 4) is 0 Å². The van der Waals surface area contributed by atoms with Crippen molar-refractivity contribution in [3.63, 3.8) is 0 Å². The topological polar surface area (TPSA) is 152 Å². The summed E-state index contributed by atoms with van der Waals surface area (Å²) in [6, 6.07) is 0. The Kier molecular flexibility index (Phi) is 27.8. The molecule has 1 aliphatic heterocycles. The maximum atomic E-state index is 12.6. The summed E-state index contributed by atoms with van der Waals surface area (Å²) < 4.78 is 21.9. The molecule has 1 heterocycles. The maximum Gasteiger partial charge on any atom is 0.306 e. The lowest BCUT2D eigenvalue weighted by Gasteiger charge is -2.39. The smallest absolute Gasteiger partial charge is 0.306 e. The number of carbonyl (C=O) groups is 2. The van der Waals surface area contributed by atoms with Crippen molar-refractivity contribution in [3.05, 3.63) is 48.6 Å². The molecule has 1 fully saturated rings. The minimum Gasteiger partial charge on any atom is -0.462 e. The Bertz CT molecular complexity index is 944. The highest BCUT2D eigenvalue weighted by Crippen LogP contribution is 2.22. The normalized spacial score (nSPS) is 22.1. The summed E-state index contributed by atoms with van der Waals surface area (Å²) in [5.74, 6) is -0.925. The molecule has 49 heavy (non-hydrogen) atoms. The Labute approximate surface area is 295 Å². The van der Waals surface area contributed by atoms with E-state index in [-0.39, 0.29) is 26.1 Å². The van der Waals surface area contributed by atoms with Gasteiger partial charge in [-0.1, -0.05) is 114 Å². The van der Waals surface area contributed by atoms with Gasteiger partial charge in [0.25, 0.3) is 0 Å². The van der Waals surface area contributed by atoms with E-state index >= 15 is 0 Å². The highest BCUT2D eigenvalue weighted by Gasteiger charge is 2.44. The van der Waals surface area contributed by atoms with Gasteiger partial charge in [0.1, 0.15) is 31.0 Å². The summed E-state index contributed by atoms with van der Waals surface area (Å²) in [5, 5.41) is 39.8. The van der Waals surface area contributed by atoms with Crippen molar-refractivity contribution in [2.45, 2.75) is 166 Å². The minimum atomic E-state index is -1.61. The molecule has 282 valence electrons. The molecule has 0 aromatic rings. The van der Waals surface area contributed by atoms with Crippen LogP contribution in [0.1, 0.15) is 129 Å². The Morgan fingerprint density at radius 3 is 1.96 bits per heavy atom. The molecule has 0 aromatic carbocycles. The molecule has 1 aliphatic rings. The lowest BCUT2D eigenvalue weighted by Crippen LogP contribution is -2.59. The molecule has 10 nitrogen and oxygen atoms in total. The fraction of sp³-hybridized carbons (Fsp3) is 0.744. The van der Waals surface area contributed by atoms with E-state index in [1.54, 1.807) is 0 Å². The van der Waals surface area contributed by atoms with Crippen LogP contribution in [0.3, 0.4) is 0 Å². The average Bonchev–Trinajstić information content (AvgIpc) is 3.10. The fourth-order valence-electron chi connectivity index (χ4n) is 5.16. The van der Waals surface area contributed by atoms with Gasteiger partial charge in [0.2, 0.25) is 0 Å². The van der Waals surface area contributed by atoms with Crippen LogP contribution in [0.15, 0.2) is 48.6 Å². The van der Waals surface area contributed by atoms with E-state index in [4.69, 9.17) is 18.9 Å². The number of allylic oxidation sites excluding steroid dienone is 8. The standard InChI is InChI=1S/C39H66O10/c1-3-5-7-9-11-13-15-16-18-20-22-24-26-28-35(42)48-32(31-47-39-38(45)37(44)36(43)33(29-40)49-39)30-46-34(41)27-25-23-21-19-17-14-12-10-8-6-4-2/h10,12,14,16-18,22,24,32-33,36-40,43-45H,3-9,11,13,15,19-21,23,25-31H2,1-2H3/b12-10+,17-14+,18-16+,24-22+/t32?,33-,36+,37?,38?,39-/m1/s1. The number of hydrogen-bond donors (Lipinski definition) is 4. The fourth-order valence-corrected chi connectivity index (χ4v) is 5.16. The molecule has 6 atom stereocenters. The monoisotopic (exact) mass is 694 g/mol. The van der Waals surface area contributed by atoms with Gasteiger partial charge in [0.05, 0.1) is 13.2 Å². The molecular weight excluding hydrogens is 628 g/mol. The first kappa shape index (κ1) is 44.7. The second-order valence-corrected chi connectivity index (χ2v) is 12.7. The lowest BCUT2D eigenvalue weighted by atomic mass is 9.99. The molecule has 0 aromatic heterocycles. The van der Waals surface area contributed by atoms with Crippen LogP contribution >= 0.6 is 0 Å². The molecule has 0 saturated carbocycles. The van der Waals surface area contributed by atoms with Crippen LogP contribution in [0.25, 0.3) is 0 Å². The van der Waals surface area contributed by atoms with Crippen molar-refractivity contribution in [1.29, 1.82) is 0 Å². The zero-order chi connectivity index (χ0) is 36.0. The second kappa shape index (κ2) is 30.5. The molecule has 1 saturated heterocycles. The van der Waals surface area contributed by atoms with Crippen LogP contribution in [0.4, 0.5) is 0 Å². The molecule has 10 heteroatoms. The Balaban J connectivity index is 2.49. The summed E-state index contributed by atoms with van der Waals surface area (Å²) in [4.78, 5) is 25.1. The van der Waals surface area contributed by atoms with Crippen molar-refractivity contribution >= 4 is 11.9 Å². The van der Waals surface area contributed by atoms with Crippen molar-refractivity contribution in [1.82, 2.24) is 0 Å². The van der Waals surface area contributed by atoms with Crippen LogP contribution < -0.4 is 0 Å². The molecule has 1 rings (SSSR count). The summed E-state index contributed by atoms with van der Waals surface area (Å²) in [6.45, 7) is 3.23. The van der Waals surface area contributed by atoms with Gasteiger partial charge in [-0.15, -0.1) is 0 Å². The molecule has 0 bridgehead atoms. The SMILES string of the molecule is CCCC/C=C/C=C/CCCCCC(=O)OCC(CO[C@@H]1O[C@H](CO)[C@H](O)C(O)C1O)OC(=O)CC/C=C/C/C=C/CCCCCCCC. The number of hydrogen-bond acceptors (Lipinski definition) is 10. The van der Waals surface area contributed by atoms with Crippen LogP contribution in [0.2, 0.25) is 0 Å². The lowest BCUT2D eigenvalue weighted by molar-refractivity contribution is -0.305. The molecule has 0 amide bonds. The van der Waals surface area contributed by atoms with Gasteiger partial charge in [0.15, 0.2) is 12.4 Å². The maximum absolute atomic E-state index is 12.6. The zero-order valence-electron chi connectivity index (χ0n) is 30.2. The molecule has 0 spiro atoms. The van der Waals surface area contributed by atoms with E-state index in [0.717, 1.165) is 38.5 Å². The van der Waals surface area contributed by atoms with Gasteiger partial charge >= 0.3 is 11.9 Å². The first-order valence-electron chi connectivity index (χ1n) is 18.7. The summed E-state index contributed by atoms with van der Waals surface area (Å²) >= 11 is 0. The van der Waals surface area contributed by atoms with Crippen LogP contribution in [0.5, 0.6) is 0 Å². The first-order valence-corrected chi connectivity index (χ1v) is 18.7. The Hall–Kier alpha value is -2.34. The third kappa shape index (κ3) is 22.9. The number of aliphatic hydroxyl groups is 4. The zero-order valence-corrected chi connectivity index (χ0v) is 30.2. The number of ether oxygens (including phenoxy) is 4. The molecular formula is C39H66O10. The predicted molar refractivity (Wildman–Crippen MR) is 192 cm³/mol. The van der Waals surface area contributed by atoms with Gasteiger partial charge in [-0.2, -0.15) is 0 Å². The number of carbonyl (C=O) groups excluding carboxylic acids is 2. The number of rotatable bonds is 29. The van der Waals surface area contributed by atoms with Gasteiger partial charge in [-0.05, 0) is 51.4 Å². The third-order valence-electron chi connectivity index (χ3n) is 8.23. The van der Waals surface area contributed by atoms with E-state index in [1.165, 1.54) is 51.4 Å². The number of unbranched alkanes of at least 4 members (excludes halogenated alkanes) is 11. The molecule has 4 N–H and O–H groups in total. The molecule has 3 unspecified atom stereocenters.